The molecular formula is C38H52O4. The molecule has 4 aromatic carbocycles. The van der Waals surface area contributed by atoms with Gasteiger partial charge >= 0.3 is 0 Å². The van der Waals surface area contributed by atoms with Crippen LogP contribution in [0.5, 0.6) is 0 Å². The van der Waals surface area contributed by atoms with Gasteiger partial charge in [-0.05, 0) is 100 Å². The number of hydrogen-bond donors (Lipinski definition) is 0. The molecule has 0 aliphatic heterocycles. The lowest BCUT2D eigenvalue weighted by Crippen LogP contribution is -2.48. The predicted octanol–water partition coefficient (Wildman–Crippen LogP) is 9.45. The van der Waals surface area contributed by atoms with Gasteiger partial charge < -0.3 is 18.9 Å². The Morgan fingerprint density at radius 1 is 0.500 bits per heavy atom. The van der Waals surface area contributed by atoms with Gasteiger partial charge in [0, 0.05) is 34.4 Å². The zero-order valence-electron chi connectivity index (χ0n) is 27.9. The molecule has 4 aromatic rings. The maximum atomic E-state index is 5.87. The molecular weight excluding hydrogens is 520 g/mol. The van der Waals surface area contributed by atoms with Crippen molar-refractivity contribution < 1.29 is 18.9 Å². The summed E-state index contributed by atoms with van der Waals surface area (Å²) in [7, 11) is 7.06. The quantitative estimate of drug-likeness (QED) is 0.177. The summed E-state index contributed by atoms with van der Waals surface area (Å²) in [5, 5.41) is 5.00. The van der Waals surface area contributed by atoms with Crippen LogP contribution in [0.4, 0.5) is 0 Å². The number of rotatable bonds is 10. The van der Waals surface area contributed by atoms with E-state index in [4.69, 9.17) is 18.9 Å². The molecule has 0 saturated carbocycles. The fraction of sp³-hybridized carbons (Fsp3) is 0.474. The van der Waals surface area contributed by atoms with Crippen LogP contribution in [0.1, 0.15) is 72.1 Å². The summed E-state index contributed by atoms with van der Waals surface area (Å²) in [4.78, 5) is 0. The molecule has 0 heterocycles. The molecule has 0 saturated heterocycles. The lowest BCUT2D eigenvalue weighted by molar-refractivity contribution is -0.125. The minimum atomic E-state index is -0.410. The van der Waals surface area contributed by atoms with E-state index in [1.807, 2.05) is 6.07 Å². The Hall–Kier alpha value is -2.76. The van der Waals surface area contributed by atoms with E-state index >= 15 is 0 Å². The average Bonchev–Trinajstić information content (AvgIpc) is 2.99. The van der Waals surface area contributed by atoms with Crippen molar-refractivity contribution in [2.45, 2.75) is 84.2 Å². The first kappa shape index (κ1) is 33.7. The SMILES string of the molecule is COC(C)(C)C(Cc1ccccc1)C(C)(C)OC.COC(C)(C)c1ccc2c(ccc3ccccc32)c1C(C)(C)OC. The molecule has 4 nitrogen and oxygen atoms in total. The van der Waals surface area contributed by atoms with Gasteiger partial charge in [-0.3, -0.25) is 0 Å². The molecule has 0 aliphatic carbocycles. The van der Waals surface area contributed by atoms with E-state index in [0.29, 0.717) is 0 Å². The number of benzene rings is 4. The largest absolute Gasteiger partial charge is 0.378 e. The number of fused-ring (bicyclic) bond motifs is 3. The third-order valence-corrected chi connectivity index (χ3v) is 9.21. The van der Waals surface area contributed by atoms with Gasteiger partial charge in [-0.2, -0.15) is 0 Å². The highest BCUT2D eigenvalue weighted by Crippen LogP contribution is 2.41. The Labute approximate surface area is 254 Å². The van der Waals surface area contributed by atoms with E-state index in [1.165, 1.54) is 38.2 Å². The Morgan fingerprint density at radius 2 is 1.02 bits per heavy atom. The first-order chi connectivity index (χ1) is 19.6. The molecule has 42 heavy (non-hydrogen) atoms. The van der Waals surface area contributed by atoms with Crippen molar-refractivity contribution in [2.24, 2.45) is 5.92 Å². The predicted molar refractivity (Wildman–Crippen MR) is 177 cm³/mol. The van der Waals surface area contributed by atoms with Crippen molar-refractivity contribution in [3.05, 3.63) is 95.6 Å². The van der Waals surface area contributed by atoms with Crippen LogP contribution in [0, 0.1) is 5.92 Å². The van der Waals surface area contributed by atoms with Crippen molar-refractivity contribution in [1.29, 1.82) is 0 Å². The van der Waals surface area contributed by atoms with E-state index in [2.05, 4.69) is 128 Å². The Morgan fingerprint density at radius 3 is 1.57 bits per heavy atom. The molecule has 0 unspecified atom stereocenters. The molecule has 0 aromatic heterocycles. The fourth-order valence-corrected chi connectivity index (χ4v) is 5.91. The minimum absolute atomic E-state index is 0.227. The molecule has 0 bridgehead atoms. The van der Waals surface area contributed by atoms with Gasteiger partial charge in [-0.1, -0.05) is 78.9 Å². The molecule has 4 rings (SSSR count). The van der Waals surface area contributed by atoms with Gasteiger partial charge in [0.1, 0.15) is 0 Å². The second-order valence-electron chi connectivity index (χ2n) is 13.2. The highest BCUT2D eigenvalue weighted by Gasteiger charge is 2.41. The summed E-state index contributed by atoms with van der Waals surface area (Å²) in [6.45, 7) is 16.9. The summed E-state index contributed by atoms with van der Waals surface area (Å²) >= 11 is 0. The standard InChI is InChI=1S/C22H26O2.C16H26O2/c1-21(2,23-5)19-14-13-17-16-10-8-7-9-15(16)11-12-18(17)20(19)22(3,4)24-6;1-15(2,17-5)14(16(3,4)18-6)12-13-10-8-7-9-11-13/h7-14H,1-6H3;7-11,14H,12H2,1-6H3. The molecule has 228 valence electrons. The maximum absolute atomic E-state index is 5.87. The van der Waals surface area contributed by atoms with Crippen molar-refractivity contribution in [3.63, 3.8) is 0 Å². The summed E-state index contributed by atoms with van der Waals surface area (Å²) in [5.41, 5.74) is 2.43. The van der Waals surface area contributed by atoms with Crippen LogP contribution >= 0.6 is 0 Å². The summed E-state index contributed by atoms with van der Waals surface area (Å²) in [5.74, 6) is 0.280. The van der Waals surface area contributed by atoms with E-state index in [-0.39, 0.29) is 22.7 Å². The molecule has 4 heteroatoms. The zero-order chi connectivity index (χ0) is 31.3. The van der Waals surface area contributed by atoms with Crippen LogP contribution in [0.2, 0.25) is 0 Å². The number of hydrogen-bond acceptors (Lipinski definition) is 4. The lowest BCUT2D eigenvalue weighted by Gasteiger charge is -2.43. The maximum Gasteiger partial charge on any atom is 0.0881 e. The molecule has 0 N–H and O–H groups in total. The van der Waals surface area contributed by atoms with Crippen LogP contribution < -0.4 is 0 Å². The molecule has 0 spiro atoms. The van der Waals surface area contributed by atoms with Crippen molar-refractivity contribution in [2.75, 3.05) is 28.4 Å². The van der Waals surface area contributed by atoms with E-state index in [1.54, 1.807) is 28.4 Å². The van der Waals surface area contributed by atoms with Crippen molar-refractivity contribution >= 4 is 21.5 Å². The van der Waals surface area contributed by atoms with Gasteiger partial charge in [0.15, 0.2) is 0 Å². The number of ether oxygens (including phenoxy) is 4. The Kier molecular flexibility index (Phi) is 10.7. The molecule has 0 atom stereocenters. The van der Waals surface area contributed by atoms with Gasteiger partial charge in [0.25, 0.3) is 0 Å². The fourth-order valence-electron chi connectivity index (χ4n) is 5.91. The Bertz CT molecular complexity index is 1430. The molecule has 0 aliphatic rings. The van der Waals surface area contributed by atoms with Gasteiger partial charge in [-0.25, -0.2) is 0 Å². The number of methoxy groups -OCH3 is 4. The van der Waals surface area contributed by atoms with Crippen molar-refractivity contribution in [3.8, 4) is 0 Å². The second kappa shape index (κ2) is 13.3. The first-order valence-electron chi connectivity index (χ1n) is 14.8. The van der Waals surface area contributed by atoms with Gasteiger partial charge in [-0.15, -0.1) is 0 Å². The third kappa shape index (κ3) is 7.23. The normalized spacial score (nSPS) is 13.0. The highest BCUT2D eigenvalue weighted by atomic mass is 16.5. The molecule has 0 amide bonds. The smallest absolute Gasteiger partial charge is 0.0881 e. The second-order valence-corrected chi connectivity index (χ2v) is 13.2. The van der Waals surface area contributed by atoms with Crippen LogP contribution in [-0.4, -0.2) is 39.6 Å². The van der Waals surface area contributed by atoms with E-state index in [0.717, 1.165) is 6.42 Å². The first-order valence-corrected chi connectivity index (χ1v) is 14.8. The van der Waals surface area contributed by atoms with Gasteiger partial charge in [0.2, 0.25) is 0 Å². The summed E-state index contributed by atoms with van der Waals surface area (Å²) in [6.07, 6.45) is 0.947. The van der Waals surface area contributed by atoms with E-state index in [9.17, 15) is 0 Å². The highest BCUT2D eigenvalue weighted by molar-refractivity contribution is 6.09. The minimum Gasteiger partial charge on any atom is -0.378 e. The lowest BCUT2D eigenvalue weighted by atomic mass is 9.75. The van der Waals surface area contributed by atoms with Crippen LogP contribution in [0.25, 0.3) is 21.5 Å². The summed E-state index contributed by atoms with van der Waals surface area (Å²) < 4.78 is 23.0. The zero-order valence-corrected chi connectivity index (χ0v) is 27.9. The van der Waals surface area contributed by atoms with Crippen LogP contribution in [0.3, 0.4) is 0 Å². The third-order valence-electron chi connectivity index (χ3n) is 9.21. The van der Waals surface area contributed by atoms with Crippen LogP contribution in [-0.2, 0) is 36.6 Å². The van der Waals surface area contributed by atoms with Crippen LogP contribution in [0.15, 0.2) is 78.9 Å². The molecule has 0 radical (unpaired) electrons. The topological polar surface area (TPSA) is 36.9 Å². The van der Waals surface area contributed by atoms with Gasteiger partial charge in [0.05, 0.1) is 22.4 Å². The summed E-state index contributed by atoms with van der Waals surface area (Å²) in [6, 6.07) is 27.8. The van der Waals surface area contributed by atoms with E-state index < -0.39 is 5.60 Å². The Balaban J connectivity index is 0.000000241. The van der Waals surface area contributed by atoms with Crippen molar-refractivity contribution in [1.82, 2.24) is 0 Å². The average molecular weight is 573 g/mol. The molecule has 0 fully saturated rings. The monoisotopic (exact) mass is 572 g/mol.